The zero-order valence-corrected chi connectivity index (χ0v) is 26.5. The second-order valence-corrected chi connectivity index (χ2v) is 11.6. The van der Waals surface area contributed by atoms with E-state index in [1.807, 2.05) is 25.1 Å². The molecule has 0 fully saturated rings. The summed E-state index contributed by atoms with van der Waals surface area (Å²) < 4.78 is 18.6. The number of aliphatic hydroxyl groups excluding tert-OH is 1. The van der Waals surface area contributed by atoms with E-state index in [-0.39, 0.29) is 53.3 Å². The third-order valence-corrected chi connectivity index (χ3v) is 8.09. The van der Waals surface area contributed by atoms with Crippen molar-refractivity contribution in [3.05, 3.63) is 70.6 Å². The Balaban J connectivity index is 1.42. The van der Waals surface area contributed by atoms with Crippen molar-refractivity contribution in [1.29, 1.82) is 0 Å². The first kappa shape index (κ1) is 32.2. The van der Waals surface area contributed by atoms with Crippen molar-refractivity contribution in [2.45, 2.75) is 26.0 Å². The lowest BCUT2D eigenvalue weighted by atomic mass is 10.0. The molecule has 248 valence electrons. The molecule has 5 aromatic rings. The number of hydrogen-bond donors (Lipinski definition) is 3. The van der Waals surface area contributed by atoms with Gasteiger partial charge < -0.3 is 39.2 Å². The minimum absolute atomic E-state index is 0.0162. The Kier molecular flexibility index (Phi) is 8.84. The predicted octanol–water partition coefficient (Wildman–Crippen LogP) is 3.92. The van der Waals surface area contributed by atoms with Crippen molar-refractivity contribution in [3.8, 4) is 17.2 Å². The number of benzene rings is 3. The molecule has 0 unspecified atom stereocenters. The number of anilines is 2. The summed E-state index contributed by atoms with van der Waals surface area (Å²) in [5.74, 6) is -0.539. The van der Waals surface area contributed by atoms with Gasteiger partial charge in [0.15, 0.2) is 11.5 Å². The monoisotopic (exact) mass is 655 g/mol. The summed E-state index contributed by atoms with van der Waals surface area (Å²) in [6.07, 6.45) is 0.233. The number of para-hydroxylation sites is 2. The first-order valence-electron chi connectivity index (χ1n) is 15.1. The summed E-state index contributed by atoms with van der Waals surface area (Å²) in [6, 6.07) is 13.1. The molecule has 3 heterocycles. The van der Waals surface area contributed by atoms with Crippen molar-refractivity contribution in [2.75, 3.05) is 44.7 Å². The average molecular weight is 656 g/mol. The third-order valence-electron chi connectivity index (χ3n) is 8.09. The number of carbonyl (C=O) groups excluding carboxylic acids is 2. The first-order valence-corrected chi connectivity index (χ1v) is 15.1. The van der Waals surface area contributed by atoms with E-state index < -0.39 is 24.6 Å². The number of carboxylic acid groups (broad SMARTS) is 1. The second-order valence-electron chi connectivity index (χ2n) is 11.6. The molecule has 48 heavy (non-hydrogen) atoms. The molecule has 0 atom stereocenters. The van der Waals surface area contributed by atoms with Gasteiger partial charge in [-0.15, -0.1) is 0 Å². The fourth-order valence-corrected chi connectivity index (χ4v) is 5.63. The lowest BCUT2D eigenvalue weighted by Crippen LogP contribution is -2.31. The highest BCUT2D eigenvalue weighted by atomic mass is 16.7. The fraction of sp³-hybridized carbons (Fsp3) is 0.265. The molecule has 0 saturated heterocycles. The van der Waals surface area contributed by atoms with E-state index in [0.717, 1.165) is 4.90 Å². The van der Waals surface area contributed by atoms with E-state index >= 15 is 0 Å². The van der Waals surface area contributed by atoms with Gasteiger partial charge in [-0.2, -0.15) is 0 Å². The SMILES string of the molecule is CN(C)CCn1c(=O)c2cc(OC(=O)N(C)c3ccccc3NC(=O)CCC(=O)O)c(CO)cc2c2cnc3cc4c(cc3c21)OCO4. The number of pyridine rings is 2. The molecule has 2 aromatic heterocycles. The van der Waals surface area contributed by atoms with E-state index in [9.17, 15) is 24.3 Å². The Morgan fingerprint density at radius 2 is 1.73 bits per heavy atom. The number of carbonyl (C=O) groups is 3. The normalized spacial score (nSPS) is 12.2. The van der Waals surface area contributed by atoms with Crippen LogP contribution < -0.4 is 30.0 Å². The fourth-order valence-electron chi connectivity index (χ4n) is 5.63. The van der Waals surface area contributed by atoms with Crippen LogP contribution in [0.15, 0.2) is 59.5 Å². The number of aromatic nitrogens is 2. The zero-order valence-electron chi connectivity index (χ0n) is 26.5. The number of likely N-dealkylation sites (N-methyl/N-ethyl adjacent to an activating group) is 1. The molecule has 0 spiro atoms. The number of amides is 2. The Bertz CT molecular complexity index is 2160. The van der Waals surface area contributed by atoms with Crippen LogP contribution in [0.4, 0.5) is 16.2 Å². The maximum Gasteiger partial charge on any atom is 0.419 e. The smallest absolute Gasteiger partial charge is 0.419 e. The van der Waals surface area contributed by atoms with Crippen molar-refractivity contribution in [2.24, 2.45) is 0 Å². The highest BCUT2D eigenvalue weighted by Gasteiger charge is 2.23. The van der Waals surface area contributed by atoms with Gasteiger partial charge in [0, 0.05) is 55.2 Å². The van der Waals surface area contributed by atoms with Gasteiger partial charge in [-0.3, -0.25) is 24.3 Å². The predicted molar refractivity (Wildman–Crippen MR) is 178 cm³/mol. The summed E-state index contributed by atoms with van der Waals surface area (Å²) >= 11 is 0. The zero-order chi connectivity index (χ0) is 34.1. The summed E-state index contributed by atoms with van der Waals surface area (Å²) in [4.78, 5) is 58.7. The molecular weight excluding hydrogens is 622 g/mol. The van der Waals surface area contributed by atoms with Gasteiger partial charge in [0.2, 0.25) is 12.7 Å². The molecule has 0 aliphatic carbocycles. The number of hydrogen-bond acceptors (Lipinski definition) is 10. The van der Waals surface area contributed by atoms with E-state index in [4.69, 9.17) is 19.3 Å². The minimum atomic E-state index is -1.11. The van der Waals surface area contributed by atoms with Crippen molar-refractivity contribution in [3.63, 3.8) is 0 Å². The highest BCUT2D eigenvalue weighted by molar-refractivity contribution is 6.15. The van der Waals surface area contributed by atoms with E-state index in [0.29, 0.717) is 51.8 Å². The topological polar surface area (TPSA) is 173 Å². The number of aliphatic hydroxyl groups is 1. The first-order chi connectivity index (χ1) is 23.0. The Morgan fingerprint density at radius 1 is 0.979 bits per heavy atom. The summed E-state index contributed by atoms with van der Waals surface area (Å²) in [6.45, 7) is 0.496. The van der Waals surface area contributed by atoms with Crippen LogP contribution >= 0.6 is 0 Å². The molecule has 2 amide bonds. The summed E-state index contributed by atoms with van der Waals surface area (Å²) in [5.41, 5.74) is 1.76. The number of aliphatic carboxylic acids is 1. The number of nitrogens with one attached hydrogen (secondary N) is 1. The van der Waals surface area contributed by atoms with Crippen LogP contribution in [0.25, 0.3) is 32.6 Å². The van der Waals surface area contributed by atoms with Crippen LogP contribution in [-0.2, 0) is 22.7 Å². The van der Waals surface area contributed by atoms with Crippen LogP contribution in [0.1, 0.15) is 18.4 Å². The van der Waals surface area contributed by atoms with Gasteiger partial charge in [0.1, 0.15) is 5.75 Å². The molecule has 0 bridgehead atoms. The van der Waals surface area contributed by atoms with E-state index in [2.05, 4.69) is 10.3 Å². The van der Waals surface area contributed by atoms with Gasteiger partial charge in [-0.05, 0) is 49.8 Å². The van der Waals surface area contributed by atoms with Crippen molar-refractivity contribution >= 4 is 61.9 Å². The van der Waals surface area contributed by atoms with Gasteiger partial charge in [0.25, 0.3) is 5.56 Å². The maximum absolute atomic E-state index is 14.2. The number of nitrogens with zero attached hydrogens (tertiary/aromatic N) is 4. The number of carboxylic acids is 1. The quantitative estimate of drug-likeness (QED) is 0.186. The summed E-state index contributed by atoms with van der Waals surface area (Å²) in [7, 11) is 5.26. The molecule has 3 N–H and O–H groups in total. The van der Waals surface area contributed by atoms with E-state index in [1.165, 1.54) is 13.1 Å². The van der Waals surface area contributed by atoms with Crippen LogP contribution in [0.3, 0.4) is 0 Å². The van der Waals surface area contributed by atoms with Crippen LogP contribution in [0, 0.1) is 0 Å². The van der Waals surface area contributed by atoms with Gasteiger partial charge >= 0.3 is 12.1 Å². The van der Waals surface area contributed by atoms with Gasteiger partial charge in [-0.25, -0.2) is 4.79 Å². The molecule has 3 aromatic carbocycles. The number of rotatable bonds is 10. The molecule has 6 rings (SSSR count). The lowest BCUT2D eigenvalue weighted by Gasteiger charge is -2.22. The van der Waals surface area contributed by atoms with Crippen LogP contribution in [0.2, 0.25) is 0 Å². The molecule has 14 nitrogen and oxygen atoms in total. The van der Waals surface area contributed by atoms with Gasteiger partial charge in [0.05, 0.1) is 40.8 Å². The van der Waals surface area contributed by atoms with Crippen LogP contribution in [-0.4, -0.2) is 77.1 Å². The third kappa shape index (κ3) is 6.18. The maximum atomic E-state index is 14.2. The number of fused-ring (bicyclic) bond motifs is 6. The van der Waals surface area contributed by atoms with E-state index in [1.54, 1.807) is 47.2 Å². The Morgan fingerprint density at radius 3 is 2.46 bits per heavy atom. The van der Waals surface area contributed by atoms with Crippen LogP contribution in [0.5, 0.6) is 17.2 Å². The van der Waals surface area contributed by atoms with Crippen molar-refractivity contribution in [1.82, 2.24) is 14.5 Å². The molecular formula is C34H33N5O9. The molecule has 14 heteroatoms. The number of ether oxygens (including phenoxy) is 3. The Hall–Kier alpha value is -5.73. The molecule has 1 aliphatic rings. The standard InChI is InChI=1S/C34H33N5O9/c1-37(2)10-11-39-32-22-14-28-29(47-18-46-28)15-25(22)35-16-23(32)20-12-19(17-40)27(13-21(20)33(39)44)48-34(45)38(3)26-7-5-4-6-24(26)36-30(41)8-9-31(42)43/h4-7,12-16,40H,8-11,17-18H2,1-3H3,(H,36,41)(H,42,43). The summed E-state index contributed by atoms with van der Waals surface area (Å²) in [5, 5.41) is 24.0. The Labute approximate surface area is 273 Å². The highest BCUT2D eigenvalue weighted by Crippen LogP contribution is 2.39. The average Bonchev–Trinajstić information content (AvgIpc) is 3.53. The largest absolute Gasteiger partial charge is 0.481 e. The van der Waals surface area contributed by atoms with Gasteiger partial charge in [-0.1, -0.05) is 12.1 Å². The lowest BCUT2D eigenvalue weighted by molar-refractivity contribution is -0.138. The minimum Gasteiger partial charge on any atom is -0.481 e. The second kappa shape index (κ2) is 13.2. The molecule has 0 radical (unpaired) electrons. The molecule has 1 aliphatic heterocycles. The van der Waals surface area contributed by atoms with Crippen molar-refractivity contribution < 1.29 is 38.8 Å². The molecule has 0 saturated carbocycles.